The average molecular weight is 313 g/mol. The van der Waals surface area contributed by atoms with Crippen molar-refractivity contribution < 1.29 is 14.3 Å². The monoisotopic (exact) mass is 312 g/mol. The molecule has 116 valence electrons. The number of esters is 1. The Morgan fingerprint density at radius 2 is 2.05 bits per heavy atom. The number of rotatable bonds is 5. The fraction of sp³-hybridized carbons (Fsp3) is 0.533. The van der Waals surface area contributed by atoms with E-state index in [4.69, 9.17) is 21.1 Å². The zero-order chi connectivity index (χ0) is 15.4. The second kappa shape index (κ2) is 7.22. The summed E-state index contributed by atoms with van der Waals surface area (Å²) in [7, 11) is 4.95. The number of likely N-dealkylation sites (tertiary alicyclic amines) is 1. The Morgan fingerprint density at radius 3 is 2.57 bits per heavy atom. The van der Waals surface area contributed by atoms with Crippen LogP contribution in [0.25, 0.3) is 0 Å². The molecule has 1 aromatic carbocycles. The minimum Gasteiger partial charge on any atom is -0.468 e. The highest BCUT2D eigenvalue weighted by Crippen LogP contribution is 2.30. The number of carbonyl (C=O) groups is 1. The quantitative estimate of drug-likeness (QED) is 0.841. The number of halogens is 1. The van der Waals surface area contributed by atoms with Crippen LogP contribution in [0.5, 0.6) is 0 Å². The summed E-state index contributed by atoms with van der Waals surface area (Å²) in [6.07, 6.45) is 0.568. The fourth-order valence-electron chi connectivity index (χ4n) is 2.81. The average Bonchev–Trinajstić information content (AvgIpc) is 2.93. The van der Waals surface area contributed by atoms with E-state index >= 15 is 0 Å². The maximum Gasteiger partial charge on any atom is 0.323 e. The molecule has 2 rings (SSSR count). The van der Waals surface area contributed by atoms with Crippen LogP contribution < -0.4 is 5.32 Å². The summed E-state index contributed by atoms with van der Waals surface area (Å²) in [4.78, 5) is 14.1. The van der Waals surface area contributed by atoms with Crippen molar-refractivity contribution in [1.29, 1.82) is 0 Å². The molecular formula is C15H21ClN2O3. The van der Waals surface area contributed by atoms with E-state index in [1.807, 2.05) is 31.3 Å². The summed E-state index contributed by atoms with van der Waals surface area (Å²) in [5, 5.41) is 3.94. The Balaban J connectivity index is 2.25. The molecule has 0 radical (unpaired) electrons. The molecule has 1 heterocycles. The standard InChI is InChI=1S/C15H21ClN2O3/c1-17-14(10-4-6-11(16)7-5-10)18-9-12(20-2)8-13(18)15(19)21-3/h4-7,12-14,17H,8-9H2,1-3H3/t12-,13?,14?/m1/s1. The highest BCUT2D eigenvalue weighted by Gasteiger charge is 2.41. The summed E-state index contributed by atoms with van der Waals surface area (Å²) in [5.41, 5.74) is 1.05. The van der Waals surface area contributed by atoms with Crippen LogP contribution in [0.15, 0.2) is 24.3 Å². The van der Waals surface area contributed by atoms with Crippen molar-refractivity contribution in [2.75, 3.05) is 27.8 Å². The Hall–Kier alpha value is -1.14. The molecule has 3 atom stereocenters. The third kappa shape index (κ3) is 3.55. The number of benzene rings is 1. The van der Waals surface area contributed by atoms with Crippen molar-refractivity contribution in [3.8, 4) is 0 Å². The van der Waals surface area contributed by atoms with E-state index in [2.05, 4.69) is 10.2 Å². The number of hydrogen-bond donors (Lipinski definition) is 1. The highest BCUT2D eigenvalue weighted by molar-refractivity contribution is 6.30. The van der Waals surface area contributed by atoms with Crippen molar-refractivity contribution in [2.45, 2.75) is 24.7 Å². The van der Waals surface area contributed by atoms with Gasteiger partial charge in [-0.2, -0.15) is 0 Å². The second-order valence-electron chi connectivity index (χ2n) is 5.07. The molecular weight excluding hydrogens is 292 g/mol. The molecule has 0 aliphatic carbocycles. The molecule has 1 fully saturated rings. The number of methoxy groups -OCH3 is 2. The number of carbonyl (C=O) groups excluding carboxylic acids is 1. The number of nitrogens with zero attached hydrogens (tertiary/aromatic N) is 1. The normalized spacial score (nSPS) is 24.0. The summed E-state index contributed by atoms with van der Waals surface area (Å²) in [5.74, 6) is -0.233. The topological polar surface area (TPSA) is 50.8 Å². The van der Waals surface area contributed by atoms with Gasteiger partial charge in [-0.3, -0.25) is 9.69 Å². The largest absolute Gasteiger partial charge is 0.468 e. The first-order valence-corrected chi connectivity index (χ1v) is 7.27. The van der Waals surface area contributed by atoms with Crippen LogP contribution in [0.3, 0.4) is 0 Å². The Kier molecular flexibility index (Phi) is 5.58. The lowest BCUT2D eigenvalue weighted by molar-refractivity contribution is -0.147. The van der Waals surface area contributed by atoms with Gasteiger partial charge in [-0.15, -0.1) is 0 Å². The molecule has 0 spiro atoms. The van der Waals surface area contributed by atoms with Crippen molar-refractivity contribution in [3.05, 3.63) is 34.9 Å². The van der Waals surface area contributed by atoms with Gasteiger partial charge in [0.05, 0.1) is 19.4 Å². The maximum atomic E-state index is 12.0. The van der Waals surface area contributed by atoms with Crippen LogP contribution in [-0.4, -0.2) is 50.8 Å². The second-order valence-corrected chi connectivity index (χ2v) is 5.51. The van der Waals surface area contributed by atoms with Crippen molar-refractivity contribution in [3.63, 3.8) is 0 Å². The van der Waals surface area contributed by atoms with Crippen molar-refractivity contribution in [1.82, 2.24) is 10.2 Å². The van der Waals surface area contributed by atoms with Crippen LogP contribution in [0.4, 0.5) is 0 Å². The molecule has 21 heavy (non-hydrogen) atoms. The molecule has 0 bridgehead atoms. The molecule has 1 aliphatic heterocycles. The Morgan fingerprint density at radius 1 is 1.38 bits per heavy atom. The van der Waals surface area contributed by atoms with E-state index in [1.165, 1.54) is 7.11 Å². The van der Waals surface area contributed by atoms with Gasteiger partial charge >= 0.3 is 5.97 Å². The molecule has 1 aromatic rings. The third-order valence-electron chi connectivity index (χ3n) is 3.90. The summed E-state index contributed by atoms with van der Waals surface area (Å²) >= 11 is 5.94. The van der Waals surface area contributed by atoms with Gasteiger partial charge in [-0.05, 0) is 24.7 Å². The number of ether oxygens (including phenoxy) is 2. The van der Waals surface area contributed by atoms with Gasteiger partial charge in [0.25, 0.3) is 0 Å². The van der Waals surface area contributed by atoms with Gasteiger partial charge in [-0.25, -0.2) is 0 Å². The molecule has 5 nitrogen and oxygen atoms in total. The first-order valence-electron chi connectivity index (χ1n) is 6.89. The minimum atomic E-state index is -0.312. The lowest BCUT2D eigenvalue weighted by Crippen LogP contribution is -2.44. The third-order valence-corrected chi connectivity index (χ3v) is 4.15. The lowest BCUT2D eigenvalue weighted by Gasteiger charge is -2.31. The van der Waals surface area contributed by atoms with Crippen LogP contribution in [0, 0.1) is 0 Å². The maximum absolute atomic E-state index is 12.0. The zero-order valence-corrected chi connectivity index (χ0v) is 13.3. The Labute approximate surface area is 130 Å². The van der Waals surface area contributed by atoms with Crippen LogP contribution in [-0.2, 0) is 14.3 Å². The van der Waals surface area contributed by atoms with E-state index in [1.54, 1.807) is 7.11 Å². The molecule has 0 aromatic heterocycles. The molecule has 0 saturated carbocycles. The van der Waals surface area contributed by atoms with E-state index in [0.717, 1.165) is 5.56 Å². The van der Waals surface area contributed by atoms with Gasteiger partial charge in [0, 0.05) is 25.1 Å². The minimum absolute atomic E-state index is 0.0252. The Bertz CT molecular complexity index is 480. The van der Waals surface area contributed by atoms with Gasteiger partial charge in [0.1, 0.15) is 6.04 Å². The predicted molar refractivity (Wildman–Crippen MR) is 81.2 cm³/mol. The first kappa shape index (κ1) is 16.2. The van der Waals surface area contributed by atoms with E-state index in [9.17, 15) is 4.79 Å². The van der Waals surface area contributed by atoms with Gasteiger partial charge < -0.3 is 14.8 Å². The smallest absolute Gasteiger partial charge is 0.323 e. The number of hydrogen-bond acceptors (Lipinski definition) is 5. The van der Waals surface area contributed by atoms with Crippen molar-refractivity contribution in [2.24, 2.45) is 0 Å². The summed E-state index contributed by atoms with van der Waals surface area (Å²) < 4.78 is 10.3. The van der Waals surface area contributed by atoms with Crippen LogP contribution in [0.2, 0.25) is 5.02 Å². The fourth-order valence-corrected chi connectivity index (χ4v) is 2.94. The molecule has 1 aliphatic rings. The van der Waals surface area contributed by atoms with Gasteiger partial charge in [0.2, 0.25) is 0 Å². The molecule has 1 N–H and O–H groups in total. The van der Waals surface area contributed by atoms with Crippen LogP contribution >= 0.6 is 11.6 Å². The van der Waals surface area contributed by atoms with E-state index in [0.29, 0.717) is 18.0 Å². The predicted octanol–water partition coefficient (Wildman–Crippen LogP) is 1.82. The lowest BCUT2D eigenvalue weighted by atomic mass is 10.1. The summed E-state index contributed by atoms with van der Waals surface area (Å²) in [6, 6.07) is 7.29. The zero-order valence-electron chi connectivity index (χ0n) is 12.5. The molecule has 2 unspecified atom stereocenters. The van der Waals surface area contributed by atoms with Gasteiger partial charge in [-0.1, -0.05) is 23.7 Å². The molecule has 0 amide bonds. The van der Waals surface area contributed by atoms with Gasteiger partial charge in [0.15, 0.2) is 0 Å². The van der Waals surface area contributed by atoms with Crippen LogP contribution in [0.1, 0.15) is 18.2 Å². The molecule has 1 saturated heterocycles. The van der Waals surface area contributed by atoms with Crippen molar-refractivity contribution >= 4 is 17.6 Å². The number of nitrogens with one attached hydrogen (secondary N) is 1. The van der Waals surface area contributed by atoms with E-state index in [-0.39, 0.29) is 24.3 Å². The van der Waals surface area contributed by atoms with E-state index < -0.39 is 0 Å². The molecule has 6 heteroatoms. The first-order chi connectivity index (χ1) is 10.1. The highest BCUT2D eigenvalue weighted by atomic mass is 35.5. The summed E-state index contributed by atoms with van der Waals surface area (Å²) in [6.45, 7) is 0.671. The SMILES string of the molecule is CNC(c1ccc(Cl)cc1)N1C[C@H](OC)CC1C(=O)OC.